The van der Waals surface area contributed by atoms with E-state index in [-0.39, 0.29) is 25.4 Å². The molecule has 0 aromatic rings. The van der Waals surface area contributed by atoms with Crippen LogP contribution in [0.25, 0.3) is 0 Å². The molecule has 0 atom stereocenters. The summed E-state index contributed by atoms with van der Waals surface area (Å²) < 4.78 is 0. The SMILES string of the molecule is CC.CC.CC(=O)CN1CCN(CC(N)=O)CCCN(CC(N)=O)CCN(CC(N)=O)CC1. The zero-order chi connectivity index (χ0) is 25.8. The van der Waals surface area contributed by atoms with E-state index in [9.17, 15) is 19.2 Å². The summed E-state index contributed by atoms with van der Waals surface area (Å²) in [5.74, 6) is -1.21. The second-order valence-electron chi connectivity index (χ2n) is 7.56. The summed E-state index contributed by atoms with van der Waals surface area (Å²) in [4.78, 5) is 53.7. The predicted octanol–water partition coefficient (Wildman–Crippen LogP) is -1.30. The zero-order valence-corrected chi connectivity index (χ0v) is 21.3. The fourth-order valence-electron chi connectivity index (χ4n) is 3.42. The first-order valence-electron chi connectivity index (χ1n) is 11.9. The number of rotatable bonds is 8. The van der Waals surface area contributed by atoms with Crippen LogP contribution >= 0.6 is 0 Å². The molecule has 0 spiro atoms. The van der Waals surface area contributed by atoms with Crippen molar-refractivity contribution in [3.05, 3.63) is 0 Å². The van der Waals surface area contributed by atoms with Gasteiger partial charge in [-0.3, -0.25) is 38.8 Å². The van der Waals surface area contributed by atoms with Crippen LogP contribution in [0, 0.1) is 0 Å². The number of primary amides is 3. The fraction of sp³-hybridized carbons (Fsp3) is 0.818. The molecule has 1 heterocycles. The molecule has 0 saturated carbocycles. The molecule has 1 saturated heterocycles. The second-order valence-corrected chi connectivity index (χ2v) is 7.56. The number of ketones is 1. The largest absolute Gasteiger partial charge is 0.369 e. The van der Waals surface area contributed by atoms with Crippen molar-refractivity contribution in [3.8, 4) is 0 Å². The van der Waals surface area contributed by atoms with Gasteiger partial charge in [0.15, 0.2) is 0 Å². The van der Waals surface area contributed by atoms with Gasteiger partial charge in [0.25, 0.3) is 0 Å². The van der Waals surface area contributed by atoms with E-state index in [0.717, 1.165) is 6.42 Å². The van der Waals surface area contributed by atoms with Crippen molar-refractivity contribution in [1.29, 1.82) is 0 Å². The molecule has 33 heavy (non-hydrogen) atoms. The van der Waals surface area contributed by atoms with E-state index < -0.39 is 17.7 Å². The van der Waals surface area contributed by atoms with Crippen LogP contribution in [0.5, 0.6) is 0 Å². The van der Waals surface area contributed by atoms with Gasteiger partial charge in [-0.25, -0.2) is 0 Å². The second kappa shape index (κ2) is 20.5. The molecule has 194 valence electrons. The van der Waals surface area contributed by atoms with E-state index in [1.54, 1.807) is 0 Å². The Morgan fingerprint density at radius 2 is 0.758 bits per heavy atom. The molecule has 0 radical (unpaired) electrons. The molecule has 0 aromatic heterocycles. The van der Waals surface area contributed by atoms with E-state index in [4.69, 9.17) is 17.2 Å². The van der Waals surface area contributed by atoms with Gasteiger partial charge in [0, 0.05) is 39.3 Å². The minimum absolute atomic E-state index is 0.0462. The number of Topliss-reactive ketones (excluding diaryl/α,β-unsaturated/α-hetero) is 1. The first-order valence-corrected chi connectivity index (χ1v) is 11.9. The quantitative estimate of drug-likeness (QED) is 0.392. The van der Waals surface area contributed by atoms with Gasteiger partial charge < -0.3 is 17.2 Å². The lowest BCUT2D eigenvalue weighted by atomic mass is 10.3. The van der Waals surface area contributed by atoms with E-state index in [1.165, 1.54) is 6.92 Å². The minimum atomic E-state index is -0.429. The average molecular weight is 474 g/mol. The van der Waals surface area contributed by atoms with E-state index in [2.05, 4.69) is 0 Å². The third kappa shape index (κ3) is 19.1. The predicted molar refractivity (Wildman–Crippen MR) is 131 cm³/mol. The standard InChI is InChI=1S/C18H35N7O4.2C2H6/c1-15(26)11-24-7-5-22(12-16(19)27)3-2-4-23(13-17(20)28)6-9-25(10-8-24)14-18(21)29;2*1-2/h2-14H2,1H3,(H2,19,27)(H2,20,28)(H2,21,29);2*1-2H3. The molecular formula is C22H47N7O4. The molecule has 1 aliphatic heterocycles. The van der Waals surface area contributed by atoms with Crippen LogP contribution in [-0.4, -0.2) is 122 Å². The Kier molecular flexibility index (Phi) is 20.6. The van der Waals surface area contributed by atoms with Crippen LogP contribution in [0.2, 0.25) is 0 Å². The van der Waals surface area contributed by atoms with Crippen LogP contribution in [0.4, 0.5) is 0 Å². The molecule has 1 fully saturated rings. The van der Waals surface area contributed by atoms with Gasteiger partial charge in [-0.1, -0.05) is 27.7 Å². The van der Waals surface area contributed by atoms with Crippen molar-refractivity contribution in [1.82, 2.24) is 19.6 Å². The number of nitrogens with two attached hydrogens (primary N) is 3. The molecule has 0 aliphatic carbocycles. The highest BCUT2D eigenvalue weighted by molar-refractivity contribution is 5.78. The summed E-state index contributed by atoms with van der Waals surface area (Å²) in [6.07, 6.45) is 0.725. The maximum Gasteiger partial charge on any atom is 0.231 e. The molecule has 0 bridgehead atoms. The fourth-order valence-corrected chi connectivity index (χ4v) is 3.42. The summed E-state index contributed by atoms with van der Waals surface area (Å²) in [6, 6.07) is 0. The summed E-state index contributed by atoms with van der Waals surface area (Å²) in [5, 5.41) is 0. The number of carbonyl (C=O) groups is 4. The first-order chi connectivity index (χ1) is 15.7. The number of hydrogen-bond donors (Lipinski definition) is 3. The number of nitrogens with zero attached hydrogens (tertiary/aromatic N) is 4. The third-order valence-electron chi connectivity index (χ3n) is 4.73. The number of carbonyl (C=O) groups excluding carboxylic acids is 4. The lowest BCUT2D eigenvalue weighted by Crippen LogP contribution is -2.45. The van der Waals surface area contributed by atoms with E-state index in [0.29, 0.717) is 58.9 Å². The minimum Gasteiger partial charge on any atom is -0.369 e. The lowest BCUT2D eigenvalue weighted by Gasteiger charge is -2.28. The van der Waals surface area contributed by atoms with Crippen molar-refractivity contribution < 1.29 is 19.2 Å². The van der Waals surface area contributed by atoms with Gasteiger partial charge in [-0.15, -0.1) is 0 Å². The molecule has 3 amide bonds. The van der Waals surface area contributed by atoms with Crippen LogP contribution in [-0.2, 0) is 19.2 Å². The van der Waals surface area contributed by atoms with Crippen molar-refractivity contribution in [2.24, 2.45) is 17.2 Å². The van der Waals surface area contributed by atoms with Gasteiger partial charge in [0.2, 0.25) is 17.7 Å². The maximum atomic E-state index is 11.6. The monoisotopic (exact) mass is 473 g/mol. The smallest absolute Gasteiger partial charge is 0.231 e. The highest BCUT2D eigenvalue weighted by Gasteiger charge is 2.18. The number of hydrogen-bond acceptors (Lipinski definition) is 8. The zero-order valence-electron chi connectivity index (χ0n) is 21.3. The molecule has 1 aliphatic rings. The van der Waals surface area contributed by atoms with Crippen LogP contribution in [0.15, 0.2) is 0 Å². The molecule has 11 nitrogen and oxygen atoms in total. The third-order valence-corrected chi connectivity index (χ3v) is 4.73. The van der Waals surface area contributed by atoms with Crippen molar-refractivity contribution in [2.75, 3.05) is 78.5 Å². The summed E-state index contributed by atoms with van der Waals surface area (Å²) in [7, 11) is 0. The summed E-state index contributed by atoms with van der Waals surface area (Å²) >= 11 is 0. The first kappa shape index (κ1) is 33.1. The van der Waals surface area contributed by atoms with E-state index in [1.807, 2.05) is 47.3 Å². The Balaban J connectivity index is 0. The topological polar surface area (TPSA) is 159 Å². The van der Waals surface area contributed by atoms with Crippen molar-refractivity contribution >= 4 is 23.5 Å². The highest BCUT2D eigenvalue weighted by atomic mass is 16.2. The van der Waals surface area contributed by atoms with Gasteiger partial charge in [-0.05, 0) is 26.4 Å². The molecule has 0 unspecified atom stereocenters. The Hall–Kier alpha value is -2.08. The molecule has 6 N–H and O–H groups in total. The van der Waals surface area contributed by atoms with Crippen LogP contribution in [0.1, 0.15) is 41.0 Å². The van der Waals surface area contributed by atoms with Gasteiger partial charge in [-0.2, -0.15) is 0 Å². The van der Waals surface area contributed by atoms with Gasteiger partial charge in [0.05, 0.1) is 26.2 Å². The van der Waals surface area contributed by atoms with Crippen molar-refractivity contribution in [2.45, 2.75) is 41.0 Å². The Bertz CT molecular complexity index is 527. The molecule has 0 aromatic carbocycles. The van der Waals surface area contributed by atoms with Crippen LogP contribution < -0.4 is 17.2 Å². The average Bonchev–Trinajstić information content (AvgIpc) is 2.75. The van der Waals surface area contributed by atoms with Gasteiger partial charge in [0.1, 0.15) is 5.78 Å². The lowest BCUT2D eigenvalue weighted by molar-refractivity contribution is -0.121. The highest BCUT2D eigenvalue weighted by Crippen LogP contribution is 2.02. The normalized spacial score (nSPS) is 17.6. The molecule has 1 rings (SSSR count). The summed E-state index contributed by atoms with van der Waals surface area (Å²) in [6.45, 7) is 14.9. The maximum absolute atomic E-state index is 11.6. The van der Waals surface area contributed by atoms with Gasteiger partial charge >= 0.3 is 0 Å². The molecule has 11 heteroatoms. The summed E-state index contributed by atoms with van der Waals surface area (Å²) in [5.41, 5.74) is 16.1. The Morgan fingerprint density at radius 3 is 1.00 bits per heavy atom. The number of amides is 3. The van der Waals surface area contributed by atoms with Crippen LogP contribution in [0.3, 0.4) is 0 Å². The molecular weight excluding hydrogens is 426 g/mol. The van der Waals surface area contributed by atoms with Crippen molar-refractivity contribution in [3.63, 3.8) is 0 Å². The van der Waals surface area contributed by atoms with E-state index >= 15 is 0 Å². The Morgan fingerprint density at radius 1 is 0.515 bits per heavy atom. The Labute approximate surface area is 199 Å².